The van der Waals surface area contributed by atoms with E-state index in [4.69, 9.17) is 4.74 Å². The lowest BCUT2D eigenvalue weighted by molar-refractivity contribution is 0.150. The minimum atomic E-state index is 0.672. The highest BCUT2D eigenvalue weighted by Gasteiger charge is 2.24. The molecule has 0 amide bonds. The lowest BCUT2D eigenvalue weighted by atomic mass is 10.2. The van der Waals surface area contributed by atoms with Gasteiger partial charge in [-0.15, -0.1) is 0 Å². The smallest absolute Gasteiger partial charge is 0.0477 e. The lowest BCUT2D eigenvalue weighted by Gasteiger charge is -2.24. The SMILES string of the molecule is CCC.COCCC(C)N(C)CC1CC1. The fraction of sp³-hybridized carbons (Fsp3) is 1.00. The monoisotopic (exact) mass is 215 g/mol. The fourth-order valence-electron chi connectivity index (χ4n) is 1.40. The summed E-state index contributed by atoms with van der Waals surface area (Å²) < 4.78 is 5.06. The summed E-state index contributed by atoms with van der Waals surface area (Å²) in [6.07, 6.45) is 5.29. The molecule has 1 saturated carbocycles. The Balaban J connectivity index is 0.000000583. The number of hydrogen-bond acceptors (Lipinski definition) is 2. The van der Waals surface area contributed by atoms with Crippen LogP contribution in [-0.2, 0) is 4.74 Å². The fourth-order valence-corrected chi connectivity index (χ4v) is 1.40. The lowest BCUT2D eigenvalue weighted by Crippen LogP contribution is -2.31. The summed E-state index contributed by atoms with van der Waals surface area (Å²) in [6.45, 7) is 8.70. The molecule has 0 radical (unpaired) electrons. The Hall–Kier alpha value is -0.0800. The second-order valence-corrected chi connectivity index (χ2v) is 4.72. The van der Waals surface area contributed by atoms with Gasteiger partial charge in [0.2, 0.25) is 0 Å². The molecule has 1 atom stereocenters. The molecule has 1 aliphatic rings. The van der Waals surface area contributed by atoms with Crippen LogP contribution in [0.3, 0.4) is 0 Å². The zero-order valence-corrected chi connectivity index (χ0v) is 11.3. The molecule has 0 spiro atoms. The predicted molar refractivity (Wildman–Crippen MR) is 67.3 cm³/mol. The van der Waals surface area contributed by atoms with Crippen LogP contribution in [0.1, 0.15) is 46.5 Å². The summed E-state index contributed by atoms with van der Waals surface area (Å²) in [5.74, 6) is 1.000. The quantitative estimate of drug-likeness (QED) is 0.675. The van der Waals surface area contributed by atoms with Crippen LogP contribution in [0.5, 0.6) is 0 Å². The third-order valence-corrected chi connectivity index (χ3v) is 2.74. The molecule has 2 nitrogen and oxygen atoms in total. The first-order valence-corrected chi connectivity index (χ1v) is 6.34. The minimum Gasteiger partial charge on any atom is -0.385 e. The molecule has 0 aromatic rings. The zero-order valence-electron chi connectivity index (χ0n) is 11.3. The second-order valence-electron chi connectivity index (χ2n) is 4.72. The van der Waals surface area contributed by atoms with Crippen molar-refractivity contribution >= 4 is 0 Å². The van der Waals surface area contributed by atoms with E-state index in [9.17, 15) is 0 Å². The molecule has 1 fully saturated rings. The summed E-state index contributed by atoms with van der Waals surface area (Å²) in [4.78, 5) is 2.46. The average molecular weight is 215 g/mol. The third kappa shape index (κ3) is 8.88. The molecule has 0 aliphatic heterocycles. The molecule has 0 saturated heterocycles. The Morgan fingerprint density at radius 2 is 1.87 bits per heavy atom. The first-order valence-electron chi connectivity index (χ1n) is 6.34. The van der Waals surface area contributed by atoms with E-state index in [-0.39, 0.29) is 0 Å². The Bertz CT molecular complexity index is 134. The molecule has 0 aromatic heterocycles. The van der Waals surface area contributed by atoms with Crippen LogP contribution in [0.15, 0.2) is 0 Å². The van der Waals surface area contributed by atoms with Crippen molar-refractivity contribution < 1.29 is 4.74 Å². The summed E-state index contributed by atoms with van der Waals surface area (Å²) in [5, 5.41) is 0. The van der Waals surface area contributed by atoms with Crippen LogP contribution >= 0.6 is 0 Å². The molecule has 0 heterocycles. The van der Waals surface area contributed by atoms with Crippen molar-refractivity contribution in [1.29, 1.82) is 0 Å². The van der Waals surface area contributed by atoms with Crippen molar-refractivity contribution in [1.82, 2.24) is 4.90 Å². The highest BCUT2D eigenvalue weighted by atomic mass is 16.5. The second kappa shape index (κ2) is 9.17. The van der Waals surface area contributed by atoms with Gasteiger partial charge in [0.25, 0.3) is 0 Å². The van der Waals surface area contributed by atoms with E-state index >= 15 is 0 Å². The molecule has 1 unspecified atom stereocenters. The normalized spacial score (nSPS) is 17.2. The first-order chi connectivity index (χ1) is 7.15. The van der Waals surface area contributed by atoms with Gasteiger partial charge in [-0.25, -0.2) is 0 Å². The van der Waals surface area contributed by atoms with E-state index < -0.39 is 0 Å². The van der Waals surface area contributed by atoms with Gasteiger partial charge in [-0.3, -0.25) is 0 Å². The van der Waals surface area contributed by atoms with Crippen molar-refractivity contribution in [2.75, 3.05) is 27.3 Å². The Morgan fingerprint density at radius 3 is 2.27 bits per heavy atom. The number of methoxy groups -OCH3 is 1. The molecule has 2 heteroatoms. The maximum absolute atomic E-state index is 5.06. The van der Waals surface area contributed by atoms with E-state index in [2.05, 4.69) is 32.7 Å². The van der Waals surface area contributed by atoms with Crippen LogP contribution < -0.4 is 0 Å². The summed E-state index contributed by atoms with van der Waals surface area (Å²) in [5.41, 5.74) is 0. The van der Waals surface area contributed by atoms with E-state index in [1.54, 1.807) is 7.11 Å². The summed E-state index contributed by atoms with van der Waals surface area (Å²) >= 11 is 0. The van der Waals surface area contributed by atoms with Crippen LogP contribution in [0.2, 0.25) is 0 Å². The van der Waals surface area contributed by atoms with Crippen LogP contribution in [0, 0.1) is 5.92 Å². The zero-order chi connectivity index (χ0) is 11.7. The molecule has 1 aliphatic carbocycles. The van der Waals surface area contributed by atoms with Crippen molar-refractivity contribution in [2.24, 2.45) is 5.92 Å². The molecular weight excluding hydrogens is 186 g/mol. The van der Waals surface area contributed by atoms with Gasteiger partial charge in [-0.05, 0) is 39.2 Å². The van der Waals surface area contributed by atoms with Gasteiger partial charge in [-0.1, -0.05) is 20.3 Å². The standard InChI is InChI=1S/C10H21NO.C3H8/c1-9(6-7-12-3)11(2)8-10-4-5-10;1-3-2/h9-10H,4-8H2,1-3H3;3H2,1-2H3. The van der Waals surface area contributed by atoms with Crippen molar-refractivity contribution in [3.8, 4) is 0 Å². The van der Waals surface area contributed by atoms with E-state index in [0.717, 1.165) is 18.9 Å². The van der Waals surface area contributed by atoms with Gasteiger partial charge in [0.15, 0.2) is 0 Å². The minimum absolute atomic E-state index is 0.672. The van der Waals surface area contributed by atoms with Crippen LogP contribution in [0.25, 0.3) is 0 Å². The molecule has 1 rings (SSSR count). The maximum Gasteiger partial charge on any atom is 0.0477 e. The van der Waals surface area contributed by atoms with Crippen molar-refractivity contribution in [3.05, 3.63) is 0 Å². The van der Waals surface area contributed by atoms with E-state index in [1.165, 1.54) is 25.8 Å². The predicted octanol–water partition coefficient (Wildman–Crippen LogP) is 3.17. The summed E-state index contributed by atoms with van der Waals surface area (Å²) in [6, 6.07) is 0.672. The third-order valence-electron chi connectivity index (χ3n) is 2.74. The van der Waals surface area contributed by atoms with E-state index in [1.807, 2.05) is 0 Å². The Labute approximate surface area is 96.0 Å². The van der Waals surface area contributed by atoms with Gasteiger partial charge in [0, 0.05) is 26.3 Å². The highest BCUT2D eigenvalue weighted by molar-refractivity contribution is 4.77. The molecular formula is C13H29NO. The molecule has 92 valence electrons. The van der Waals surface area contributed by atoms with Crippen LogP contribution in [-0.4, -0.2) is 38.3 Å². The van der Waals surface area contributed by atoms with E-state index in [0.29, 0.717) is 6.04 Å². The number of ether oxygens (including phenoxy) is 1. The van der Waals surface area contributed by atoms with Gasteiger partial charge < -0.3 is 9.64 Å². The first kappa shape index (κ1) is 14.9. The number of nitrogens with zero attached hydrogens (tertiary/aromatic N) is 1. The largest absolute Gasteiger partial charge is 0.385 e. The molecule has 0 aromatic carbocycles. The van der Waals surface area contributed by atoms with Gasteiger partial charge in [0.1, 0.15) is 0 Å². The highest BCUT2D eigenvalue weighted by Crippen LogP contribution is 2.29. The topological polar surface area (TPSA) is 12.5 Å². The number of hydrogen-bond donors (Lipinski definition) is 0. The molecule has 0 N–H and O–H groups in total. The summed E-state index contributed by atoms with van der Waals surface area (Å²) in [7, 11) is 3.99. The van der Waals surface area contributed by atoms with Crippen molar-refractivity contribution in [2.45, 2.75) is 52.5 Å². The van der Waals surface area contributed by atoms with Gasteiger partial charge in [-0.2, -0.15) is 0 Å². The van der Waals surface area contributed by atoms with Gasteiger partial charge >= 0.3 is 0 Å². The van der Waals surface area contributed by atoms with Crippen molar-refractivity contribution in [3.63, 3.8) is 0 Å². The average Bonchev–Trinajstić information content (AvgIpc) is 2.99. The van der Waals surface area contributed by atoms with Crippen LogP contribution in [0.4, 0.5) is 0 Å². The Kier molecular flexibility index (Phi) is 9.12. The molecule has 15 heavy (non-hydrogen) atoms. The maximum atomic E-state index is 5.06. The Morgan fingerprint density at radius 1 is 1.33 bits per heavy atom. The van der Waals surface area contributed by atoms with Gasteiger partial charge in [0.05, 0.1) is 0 Å². The molecule has 0 bridgehead atoms. The number of rotatable bonds is 6.